The van der Waals surface area contributed by atoms with E-state index in [0.29, 0.717) is 5.92 Å². The van der Waals surface area contributed by atoms with Crippen molar-refractivity contribution in [1.82, 2.24) is 25.1 Å². The molecule has 2 N–H and O–H groups in total. The Balaban J connectivity index is 1.39. The molecule has 1 aromatic carbocycles. The van der Waals surface area contributed by atoms with Crippen molar-refractivity contribution in [2.24, 2.45) is 5.92 Å². The van der Waals surface area contributed by atoms with Crippen LogP contribution in [0.3, 0.4) is 0 Å². The van der Waals surface area contributed by atoms with E-state index >= 15 is 0 Å². The fourth-order valence-corrected chi connectivity index (χ4v) is 6.40. The predicted molar refractivity (Wildman–Crippen MR) is 135 cm³/mol. The molecule has 2 fully saturated rings. The standard InChI is InChI=1S/C25H30N6O2S/c32-10-6-17-3-2-7-30(15-17)16-18-13-22-23(34-18)25(31-8-11-33-12-9-31)28-24(27-22)19-4-1-5-21-20(19)14-26-29-21/h1,4-5,13-14,17,32H,2-3,6-12,15-16H2,(H,26,29). The third-order valence-electron chi connectivity index (χ3n) is 6.96. The molecule has 0 radical (unpaired) electrons. The van der Waals surface area contributed by atoms with Gasteiger partial charge in [-0.3, -0.25) is 10.00 Å². The SMILES string of the molecule is OCCC1CCCN(Cc2cc3nc(-c4cccc5[nH]ncc45)nc(N4CCOCC4)c3s2)C1. The third kappa shape index (κ3) is 4.29. The minimum atomic E-state index is 0.284. The summed E-state index contributed by atoms with van der Waals surface area (Å²) in [4.78, 5) is 16.3. The monoisotopic (exact) mass is 478 g/mol. The molecule has 8 nitrogen and oxygen atoms in total. The predicted octanol–water partition coefficient (Wildman–Crippen LogP) is 3.67. The Kier molecular flexibility index (Phi) is 6.17. The van der Waals surface area contributed by atoms with Crippen LogP contribution >= 0.6 is 11.3 Å². The normalized spacial score (nSPS) is 19.9. The summed E-state index contributed by atoms with van der Waals surface area (Å²) < 4.78 is 6.77. The highest BCUT2D eigenvalue weighted by Crippen LogP contribution is 2.36. The Morgan fingerprint density at radius 2 is 2.09 bits per heavy atom. The maximum atomic E-state index is 9.37. The molecule has 0 spiro atoms. The number of fused-ring (bicyclic) bond motifs is 2. The van der Waals surface area contributed by atoms with Gasteiger partial charge >= 0.3 is 0 Å². The summed E-state index contributed by atoms with van der Waals surface area (Å²) in [6, 6.07) is 8.37. The van der Waals surface area contributed by atoms with Crippen LogP contribution in [0.2, 0.25) is 0 Å². The van der Waals surface area contributed by atoms with E-state index in [1.165, 1.54) is 17.7 Å². The van der Waals surface area contributed by atoms with Crippen LogP contribution in [0.1, 0.15) is 24.1 Å². The summed E-state index contributed by atoms with van der Waals surface area (Å²) in [7, 11) is 0. The molecule has 5 heterocycles. The van der Waals surface area contributed by atoms with Gasteiger partial charge in [-0.25, -0.2) is 9.97 Å². The third-order valence-corrected chi connectivity index (χ3v) is 8.07. The minimum Gasteiger partial charge on any atom is -0.396 e. The molecule has 1 unspecified atom stereocenters. The number of hydrogen-bond acceptors (Lipinski definition) is 8. The Morgan fingerprint density at radius 3 is 2.97 bits per heavy atom. The fraction of sp³-hybridized carbons (Fsp3) is 0.480. The van der Waals surface area contributed by atoms with Crippen molar-refractivity contribution < 1.29 is 9.84 Å². The number of aliphatic hydroxyl groups is 1. The molecule has 0 aliphatic carbocycles. The second-order valence-electron chi connectivity index (χ2n) is 9.29. The van der Waals surface area contributed by atoms with Crippen LogP contribution in [0.15, 0.2) is 30.5 Å². The topological polar surface area (TPSA) is 90.4 Å². The maximum Gasteiger partial charge on any atom is 0.162 e. The average Bonchev–Trinajstić information content (AvgIpc) is 3.51. The summed E-state index contributed by atoms with van der Waals surface area (Å²) in [5, 5.41) is 17.7. The highest BCUT2D eigenvalue weighted by atomic mass is 32.1. The number of thiophene rings is 1. The number of anilines is 1. The number of H-pyrrole nitrogens is 1. The molecule has 0 saturated carbocycles. The Labute approximate surface area is 202 Å². The number of benzene rings is 1. The zero-order valence-electron chi connectivity index (χ0n) is 19.2. The number of nitrogens with one attached hydrogen (secondary N) is 1. The van der Waals surface area contributed by atoms with Crippen LogP contribution in [0.4, 0.5) is 5.82 Å². The number of likely N-dealkylation sites (tertiary alicyclic amines) is 1. The number of aliphatic hydroxyl groups excluding tert-OH is 1. The molecule has 0 bridgehead atoms. The fourth-order valence-electron chi connectivity index (χ4n) is 5.25. The van der Waals surface area contributed by atoms with Crippen LogP contribution in [-0.2, 0) is 11.3 Å². The van der Waals surface area contributed by atoms with Gasteiger partial charge in [-0.15, -0.1) is 11.3 Å². The molecule has 34 heavy (non-hydrogen) atoms. The van der Waals surface area contributed by atoms with E-state index in [0.717, 1.165) is 90.7 Å². The first kappa shape index (κ1) is 21.9. The van der Waals surface area contributed by atoms with Crippen LogP contribution < -0.4 is 4.90 Å². The first-order valence-corrected chi connectivity index (χ1v) is 13.0. The summed E-state index contributed by atoms with van der Waals surface area (Å²) in [6.45, 7) is 6.50. The lowest BCUT2D eigenvalue weighted by atomic mass is 9.95. The molecule has 2 aliphatic heterocycles. The number of nitrogens with zero attached hydrogens (tertiary/aromatic N) is 5. The van der Waals surface area contributed by atoms with Crippen molar-refractivity contribution >= 4 is 38.3 Å². The smallest absolute Gasteiger partial charge is 0.162 e. The van der Waals surface area contributed by atoms with Gasteiger partial charge in [-0.2, -0.15) is 5.10 Å². The van der Waals surface area contributed by atoms with E-state index in [4.69, 9.17) is 14.7 Å². The van der Waals surface area contributed by atoms with Crippen molar-refractivity contribution in [3.05, 3.63) is 35.3 Å². The highest BCUT2D eigenvalue weighted by Gasteiger charge is 2.23. The minimum absolute atomic E-state index is 0.284. The molecule has 178 valence electrons. The van der Waals surface area contributed by atoms with Gasteiger partial charge in [0.1, 0.15) is 0 Å². The molecule has 9 heteroatoms. The highest BCUT2D eigenvalue weighted by molar-refractivity contribution is 7.19. The van der Waals surface area contributed by atoms with Gasteiger partial charge in [-0.1, -0.05) is 12.1 Å². The van der Waals surface area contributed by atoms with Crippen LogP contribution in [0.5, 0.6) is 0 Å². The largest absolute Gasteiger partial charge is 0.396 e. The first-order chi connectivity index (χ1) is 16.8. The van der Waals surface area contributed by atoms with Crippen LogP contribution in [-0.4, -0.2) is 76.2 Å². The molecule has 6 rings (SSSR count). The van der Waals surface area contributed by atoms with E-state index in [1.807, 2.05) is 29.7 Å². The molecule has 2 aliphatic rings. The van der Waals surface area contributed by atoms with Gasteiger partial charge in [-0.05, 0) is 43.9 Å². The van der Waals surface area contributed by atoms with Gasteiger partial charge < -0.3 is 14.7 Å². The van der Waals surface area contributed by atoms with Gasteiger partial charge in [0.05, 0.1) is 35.1 Å². The van der Waals surface area contributed by atoms with Gasteiger partial charge in [0, 0.05) is 48.6 Å². The summed E-state index contributed by atoms with van der Waals surface area (Å²) >= 11 is 1.82. The van der Waals surface area contributed by atoms with E-state index in [2.05, 4.69) is 32.1 Å². The van der Waals surface area contributed by atoms with Crippen LogP contribution in [0, 0.1) is 5.92 Å². The van der Waals surface area contributed by atoms with E-state index < -0.39 is 0 Å². The lowest BCUT2D eigenvalue weighted by Crippen LogP contribution is -2.36. The maximum absolute atomic E-state index is 9.37. The molecular formula is C25H30N6O2S. The lowest BCUT2D eigenvalue weighted by Gasteiger charge is -2.32. The van der Waals surface area contributed by atoms with E-state index in [9.17, 15) is 5.11 Å². The van der Waals surface area contributed by atoms with E-state index in [1.54, 1.807) is 0 Å². The van der Waals surface area contributed by atoms with E-state index in [-0.39, 0.29) is 6.61 Å². The summed E-state index contributed by atoms with van der Waals surface area (Å²) in [5.41, 5.74) is 3.00. The molecule has 0 amide bonds. The molecular weight excluding hydrogens is 448 g/mol. The zero-order valence-corrected chi connectivity index (χ0v) is 20.1. The van der Waals surface area contributed by atoms with Crippen molar-refractivity contribution in [3.8, 4) is 11.4 Å². The van der Waals surface area contributed by atoms with Gasteiger partial charge in [0.15, 0.2) is 11.6 Å². The quantitative estimate of drug-likeness (QED) is 0.437. The van der Waals surface area contributed by atoms with Crippen molar-refractivity contribution in [3.63, 3.8) is 0 Å². The van der Waals surface area contributed by atoms with Crippen molar-refractivity contribution in [2.75, 3.05) is 50.9 Å². The zero-order chi connectivity index (χ0) is 22.9. The second kappa shape index (κ2) is 9.58. The molecule has 3 aromatic heterocycles. The number of aromatic amines is 1. The molecule has 4 aromatic rings. The van der Waals surface area contributed by atoms with Crippen LogP contribution in [0.25, 0.3) is 32.5 Å². The number of rotatable bonds is 6. The Bertz CT molecular complexity index is 1280. The van der Waals surface area contributed by atoms with Gasteiger partial charge in [0.25, 0.3) is 0 Å². The number of piperidine rings is 1. The van der Waals surface area contributed by atoms with Crippen molar-refractivity contribution in [1.29, 1.82) is 0 Å². The summed E-state index contributed by atoms with van der Waals surface area (Å²) in [6.07, 6.45) is 5.18. The van der Waals surface area contributed by atoms with Crippen molar-refractivity contribution in [2.45, 2.75) is 25.8 Å². The Morgan fingerprint density at radius 1 is 1.18 bits per heavy atom. The number of morpholine rings is 1. The first-order valence-electron chi connectivity index (χ1n) is 12.2. The van der Waals surface area contributed by atoms with Gasteiger partial charge in [0.2, 0.25) is 0 Å². The lowest BCUT2D eigenvalue weighted by molar-refractivity contribution is 0.122. The number of ether oxygens (including phenoxy) is 1. The molecule has 2 saturated heterocycles. The average molecular weight is 479 g/mol. The number of aromatic nitrogens is 4. The summed E-state index contributed by atoms with van der Waals surface area (Å²) in [5.74, 6) is 2.35. The number of hydrogen-bond donors (Lipinski definition) is 2. The molecule has 1 atom stereocenters. The second-order valence-corrected chi connectivity index (χ2v) is 10.4. The Hall–Kier alpha value is -2.59.